The standard InChI is InChI=1S/C19H17ClF3N7O2S/c20-13-2-1-12(19(21,22)23)3-14(13)28-5-10-7-29(8-11(10)6-28)18-24-4-15(33-18)17-25-27-30(26-17)9-16(31)32/h1-4,10-11H,5-9H2,(H,31,32). The summed E-state index contributed by atoms with van der Waals surface area (Å²) in [6.07, 6.45) is -2.78. The molecule has 2 atom stereocenters. The molecule has 1 N–H and O–H groups in total. The molecule has 33 heavy (non-hydrogen) atoms. The summed E-state index contributed by atoms with van der Waals surface area (Å²) in [5.41, 5.74) is -0.288. The van der Waals surface area contributed by atoms with Crippen LogP contribution in [0, 0.1) is 11.8 Å². The maximum Gasteiger partial charge on any atom is 0.416 e. The third-order valence-corrected chi connectivity index (χ3v) is 7.19. The molecule has 0 amide bonds. The Morgan fingerprint density at radius 3 is 2.55 bits per heavy atom. The number of nitrogens with zero attached hydrogens (tertiary/aromatic N) is 7. The first-order valence-electron chi connectivity index (χ1n) is 10.00. The van der Waals surface area contributed by atoms with Crippen molar-refractivity contribution in [3.8, 4) is 10.7 Å². The number of tetrazole rings is 1. The number of alkyl halides is 3. The minimum atomic E-state index is -4.41. The van der Waals surface area contributed by atoms with Crippen LogP contribution in [0.2, 0.25) is 5.02 Å². The van der Waals surface area contributed by atoms with Gasteiger partial charge in [0, 0.05) is 38.0 Å². The highest BCUT2D eigenvalue weighted by atomic mass is 35.5. The summed E-state index contributed by atoms with van der Waals surface area (Å²) in [7, 11) is 0. The molecule has 14 heteroatoms. The quantitative estimate of drug-likeness (QED) is 0.571. The van der Waals surface area contributed by atoms with Crippen LogP contribution in [0.25, 0.3) is 10.7 Å². The number of benzene rings is 1. The normalized spacial score (nSPS) is 20.5. The van der Waals surface area contributed by atoms with E-state index in [9.17, 15) is 18.0 Å². The molecule has 0 saturated carbocycles. The van der Waals surface area contributed by atoms with Gasteiger partial charge in [-0.15, -0.1) is 10.2 Å². The Hall–Kier alpha value is -2.93. The molecule has 5 rings (SSSR count). The van der Waals surface area contributed by atoms with Crippen molar-refractivity contribution in [3.63, 3.8) is 0 Å². The molecule has 1 aromatic carbocycles. The van der Waals surface area contributed by atoms with Crippen molar-refractivity contribution < 1.29 is 23.1 Å². The van der Waals surface area contributed by atoms with Crippen LogP contribution in [-0.2, 0) is 17.5 Å². The summed E-state index contributed by atoms with van der Waals surface area (Å²) in [6.45, 7) is 2.31. The Morgan fingerprint density at radius 2 is 1.88 bits per heavy atom. The van der Waals surface area contributed by atoms with Crippen LogP contribution < -0.4 is 9.80 Å². The van der Waals surface area contributed by atoms with Crippen LogP contribution >= 0.6 is 22.9 Å². The van der Waals surface area contributed by atoms with Crippen LogP contribution in [0.3, 0.4) is 0 Å². The second-order valence-electron chi connectivity index (χ2n) is 8.04. The zero-order chi connectivity index (χ0) is 23.3. The summed E-state index contributed by atoms with van der Waals surface area (Å²) in [5, 5.41) is 21.6. The van der Waals surface area contributed by atoms with Crippen LogP contribution in [0.4, 0.5) is 24.0 Å². The van der Waals surface area contributed by atoms with Gasteiger partial charge in [0.1, 0.15) is 0 Å². The number of rotatable bonds is 5. The Kier molecular flexibility index (Phi) is 5.40. The second-order valence-corrected chi connectivity index (χ2v) is 9.45. The lowest BCUT2D eigenvalue weighted by Gasteiger charge is -2.24. The predicted octanol–water partition coefficient (Wildman–Crippen LogP) is 3.13. The van der Waals surface area contributed by atoms with Gasteiger partial charge in [0.2, 0.25) is 5.82 Å². The SMILES string of the molecule is O=C(O)Cn1nnc(-c2cnc(N3CC4CN(c5cc(C(F)(F)F)ccc5Cl)CC4C3)s2)n1. The fraction of sp³-hybridized carbons (Fsp3) is 0.421. The molecule has 0 spiro atoms. The zero-order valence-corrected chi connectivity index (χ0v) is 18.5. The molecule has 2 aliphatic rings. The van der Waals surface area contributed by atoms with E-state index in [1.54, 1.807) is 6.20 Å². The molecule has 3 aromatic rings. The molecule has 4 heterocycles. The van der Waals surface area contributed by atoms with Crippen molar-refractivity contribution in [2.24, 2.45) is 11.8 Å². The van der Waals surface area contributed by atoms with E-state index >= 15 is 0 Å². The Labute approximate surface area is 194 Å². The second kappa shape index (κ2) is 8.13. The topological polar surface area (TPSA) is 100 Å². The van der Waals surface area contributed by atoms with E-state index in [0.717, 1.165) is 35.2 Å². The zero-order valence-electron chi connectivity index (χ0n) is 16.9. The van der Waals surface area contributed by atoms with E-state index in [1.165, 1.54) is 17.4 Å². The first-order valence-corrected chi connectivity index (χ1v) is 11.2. The van der Waals surface area contributed by atoms with Crippen molar-refractivity contribution in [2.45, 2.75) is 12.7 Å². The molecular formula is C19H17ClF3N7O2S. The first kappa shape index (κ1) is 21.9. The van der Waals surface area contributed by atoms with Crippen LogP contribution in [0.5, 0.6) is 0 Å². The molecule has 2 aliphatic heterocycles. The van der Waals surface area contributed by atoms with Gasteiger partial charge < -0.3 is 14.9 Å². The smallest absolute Gasteiger partial charge is 0.416 e. The van der Waals surface area contributed by atoms with E-state index < -0.39 is 17.7 Å². The van der Waals surface area contributed by atoms with Crippen molar-refractivity contribution in [2.75, 3.05) is 36.0 Å². The third-order valence-electron chi connectivity index (χ3n) is 5.81. The largest absolute Gasteiger partial charge is 0.480 e. The maximum atomic E-state index is 13.1. The molecule has 2 fully saturated rings. The summed E-state index contributed by atoms with van der Waals surface area (Å²) in [6, 6.07) is 3.43. The van der Waals surface area contributed by atoms with Gasteiger partial charge in [0.25, 0.3) is 0 Å². The Balaban J connectivity index is 1.26. The number of aromatic nitrogens is 5. The maximum absolute atomic E-state index is 13.1. The van der Waals surface area contributed by atoms with Gasteiger partial charge >= 0.3 is 12.1 Å². The molecule has 0 aliphatic carbocycles. The Morgan fingerprint density at radius 1 is 1.18 bits per heavy atom. The predicted molar refractivity (Wildman–Crippen MR) is 114 cm³/mol. The minimum absolute atomic E-state index is 0.275. The number of anilines is 2. The first-order chi connectivity index (χ1) is 15.7. The van der Waals surface area contributed by atoms with Gasteiger partial charge in [-0.25, -0.2) is 4.98 Å². The van der Waals surface area contributed by atoms with Crippen molar-refractivity contribution in [3.05, 3.63) is 35.0 Å². The van der Waals surface area contributed by atoms with Gasteiger partial charge in [-0.2, -0.15) is 18.0 Å². The van der Waals surface area contributed by atoms with E-state index in [1.807, 2.05) is 4.90 Å². The average Bonchev–Trinajstić information content (AvgIpc) is 3.49. The number of halogens is 4. The van der Waals surface area contributed by atoms with E-state index in [4.69, 9.17) is 16.7 Å². The minimum Gasteiger partial charge on any atom is -0.480 e. The Bertz CT molecular complexity index is 1190. The lowest BCUT2D eigenvalue weighted by atomic mass is 10.0. The van der Waals surface area contributed by atoms with Gasteiger partial charge in [-0.05, 0) is 23.4 Å². The lowest BCUT2D eigenvalue weighted by molar-refractivity contribution is -0.138. The van der Waals surface area contributed by atoms with E-state index in [-0.39, 0.29) is 18.4 Å². The summed E-state index contributed by atoms with van der Waals surface area (Å²) in [4.78, 5) is 21.0. The number of carboxylic acid groups (broad SMARTS) is 1. The highest BCUT2D eigenvalue weighted by Crippen LogP contribution is 2.41. The lowest BCUT2D eigenvalue weighted by Crippen LogP contribution is -2.29. The number of aliphatic carboxylic acids is 1. The van der Waals surface area contributed by atoms with Crippen molar-refractivity contribution in [1.29, 1.82) is 0 Å². The fourth-order valence-electron chi connectivity index (χ4n) is 4.32. The molecule has 0 bridgehead atoms. The number of carboxylic acids is 1. The molecule has 2 unspecified atom stereocenters. The molecule has 2 aromatic heterocycles. The van der Waals surface area contributed by atoms with Crippen molar-refractivity contribution >= 4 is 39.7 Å². The van der Waals surface area contributed by atoms with Gasteiger partial charge in [0.15, 0.2) is 11.7 Å². The number of fused-ring (bicyclic) bond motifs is 1. The number of carbonyl (C=O) groups is 1. The van der Waals surface area contributed by atoms with Crippen molar-refractivity contribution in [1.82, 2.24) is 25.2 Å². The van der Waals surface area contributed by atoms with Crippen LogP contribution in [0.15, 0.2) is 24.4 Å². The number of hydrogen-bond donors (Lipinski definition) is 1. The summed E-state index contributed by atoms with van der Waals surface area (Å²) < 4.78 is 39.4. The molecule has 2 saturated heterocycles. The summed E-state index contributed by atoms with van der Waals surface area (Å²) in [5.74, 6) is -0.201. The molecule has 174 valence electrons. The highest BCUT2D eigenvalue weighted by molar-refractivity contribution is 7.18. The van der Waals surface area contributed by atoms with Crippen LogP contribution in [0.1, 0.15) is 5.56 Å². The van der Waals surface area contributed by atoms with Crippen LogP contribution in [-0.4, -0.2) is 62.4 Å². The molecular weight excluding hydrogens is 483 g/mol. The fourth-order valence-corrected chi connectivity index (χ4v) is 5.42. The van der Waals surface area contributed by atoms with Gasteiger partial charge in [0.05, 0.1) is 27.3 Å². The van der Waals surface area contributed by atoms with Gasteiger partial charge in [-0.1, -0.05) is 22.9 Å². The van der Waals surface area contributed by atoms with E-state index in [2.05, 4.69) is 25.3 Å². The number of hydrogen-bond acceptors (Lipinski definition) is 8. The third kappa shape index (κ3) is 4.34. The summed E-state index contributed by atoms with van der Waals surface area (Å²) >= 11 is 7.61. The average molecular weight is 500 g/mol. The van der Waals surface area contributed by atoms with E-state index in [0.29, 0.717) is 34.5 Å². The molecule has 9 nitrogen and oxygen atoms in total. The number of thiazole rings is 1. The molecule has 0 radical (unpaired) electrons. The monoisotopic (exact) mass is 499 g/mol. The van der Waals surface area contributed by atoms with Gasteiger partial charge in [-0.3, -0.25) is 4.79 Å². The highest BCUT2D eigenvalue weighted by Gasteiger charge is 2.42.